The number of amides is 1. The standard InChI is InChI=1S/C12H16N4O2/c1-4-11(17)13-6-9-8(3)16-10(14-12(9)18)5-7(2)15-16/h5H,4,6H2,1-3H3,(H,13,17)(H,14,18). The first kappa shape index (κ1) is 12.3. The van der Waals surface area contributed by atoms with Gasteiger partial charge in [-0.2, -0.15) is 5.10 Å². The molecule has 2 aromatic heterocycles. The van der Waals surface area contributed by atoms with Gasteiger partial charge >= 0.3 is 0 Å². The van der Waals surface area contributed by atoms with Crippen LogP contribution in [0.2, 0.25) is 0 Å². The number of carbonyl (C=O) groups is 1. The van der Waals surface area contributed by atoms with Crippen molar-refractivity contribution in [3.63, 3.8) is 0 Å². The molecule has 0 aromatic carbocycles. The van der Waals surface area contributed by atoms with Crippen molar-refractivity contribution >= 4 is 11.6 Å². The van der Waals surface area contributed by atoms with Gasteiger partial charge in [-0.05, 0) is 13.8 Å². The van der Waals surface area contributed by atoms with Gasteiger partial charge < -0.3 is 10.3 Å². The number of aromatic amines is 1. The Hall–Kier alpha value is -2.11. The zero-order valence-corrected chi connectivity index (χ0v) is 10.7. The Kier molecular flexibility index (Phi) is 3.18. The Labute approximate surface area is 104 Å². The SMILES string of the molecule is CCC(=O)NCc1c(C)n2nc(C)cc2[nH]c1=O. The lowest BCUT2D eigenvalue weighted by atomic mass is 10.2. The van der Waals surface area contributed by atoms with Crippen LogP contribution in [-0.2, 0) is 11.3 Å². The van der Waals surface area contributed by atoms with E-state index in [2.05, 4.69) is 15.4 Å². The molecule has 0 unspecified atom stereocenters. The van der Waals surface area contributed by atoms with E-state index in [4.69, 9.17) is 0 Å². The zero-order valence-electron chi connectivity index (χ0n) is 10.7. The Morgan fingerprint density at radius 3 is 2.89 bits per heavy atom. The van der Waals surface area contributed by atoms with Gasteiger partial charge in [0.25, 0.3) is 5.56 Å². The molecule has 2 rings (SSSR count). The van der Waals surface area contributed by atoms with Gasteiger partial charge in [0.1, 0.15) is 5.65 Å². The van der Waals surface area contributed by atoms with Crippen molar-refractivity contribution in [2.75, 3.05) is 0 Å². The van der Waals surface area contributed by atoms with E-state index in [0.717, 1.165) is 11.4 Å². The Morgan fingerprint density at radius 2 is 2.22 bits per heavy atom. The van der Waals surface area contributed by atoms with E-state index in [0.29, 0.717) is 17.6 Å². The summed E-state index contributed by atoms with van der Waals surface area (Å²) in [6.07, 6.45) is 0.403. The van der Waals surface area contributed by atoms with Crippen LogP contribution in [0.15, 0.2) is 10.9 Å². The summed E-state index contributed by atoms with van der Waals surface area (Å²) >= 11 is 0. The largest absolute Gasteiger partial charge is 0.352 e. The van der Waals surface area contributed by atoms with Crippen LogP contribution < -0.4 is 10.9 Å². The second-order valence-corrected chi connectivity index (χ2v) is 4.23. The predicted molar refractivity (Wildman–Crippen MR) is 67.4 cm³/mol. The van der Waals surface area contributed by atoms with Crippen molar-refractivity contribution in [2.24, 2.45) is 0 Å². The van der Waals surface area contributed by atoms with E-state index in [1.807, 2.05) is 19.9 Å². The van der Waals surface area contributed by atoms with Gasteiger partial charge in [-0.3, -0.25) is 9.59 Å². The van der Waals surface area contributed by atoms with Gasteiger partial charge in [0, 0.05) is 12.5 Å². The minimum Gasteiger partial charge on any atom is -0.352 e. The van der Waals surface area contributed by atoms with Crippen LogP contribution in [0.1, 0.15) is 30.3 Å². The van der Waals surface area contributed by atoms with E-state index in [1.54, 1.807) is 11.4 Å². The number of rotatable bonds is 3. The van der Waals surface area contributed by atoms with Crippen LogP contribution in [0.5, 0.6) is 0 Å². The number of hydrogen-bond donors (Lipinski definition) is 2. The third-order valence-electron chi connectivity index (χ3n) is 2.89. The fourth-order valence-electron chi connectivity index (χ4n) is 1.85. The second kappa shape index (κ2) is 4.64. The van der Waals surface area contributed by atoms with E-state index in [1.165, 1.54) is 0 Å². The number of nitrogens with zero attached hydrogens (tertiary/aromatic N) is 2. The first-order valence-corrected chi connectivity index (χ1v) is 5.87. The molecule has 0 spiro atoms. The van der Waals surface area contributed by atoms with Crippen LogP contribution in [-0.4, -0.2) is 20.5 Å². The first-order chi connectivity index (χ1) is 8.52. The molecule has 0 bridgehead atoms. The lowest BCUT2D eigenvalue weighted by molar-refractivity contribution is -0.120. The maximum Gasteiger partial charge on any atom is 0.256 e. The normalized spacial score (nSPS) is 10.8. The summed E-state index contributed by atoms with van der Waals surface area (Å²) in [5, 5.41) is 7.00. The minimum atomic E-state index is -0.184. The highest BCUT2D eigenvalue weighted by molar-refractivity contribution is 5.75. The van der Waals surface area contributed by atoms with Crippen molar-refractivity contribution in [2.45, 2.75) is 33.7 Å². The van der Waals surface area contributed by atoms with E-state index in [9.17, 15) is 9.59 Å². The number of H-pyrrole nitrogens is 1. The molecule has 96 valence electrons. The van der Waals surface area contributed by atoms with Crippen LogP contribution >= 0.6 is 0 Å². The lowest BCUT2D eigenvalue weighted by Crippen LogP contribution is -2.28. The summed E-state index contributed by atoms with van der Waals surface area (Å²) in [5.74, 6) is -0.0782. The van der Waals surface area contributed by atoms with Gasteiger partial charge in [0.15, 0.2) is 0 Å². The molecule has 2 heterocycles. The molecule has 0 aliphatic carbocycles. The third-order valence-corrected chi connectivity index (χ3v) is 2.89. The molecular weight excluding hydrogens is 232 g/mol. The molecule has 18 heavy (non-hydrogen) atoms. The third kappa shape index (κ3) is 2.13. The fourth-order valence-corrected chi connectivity index (χ4v) is 1.85. The van der Waals surface area contributed by atoms with Gasteiger partial charge in [0.2, 0.25) is 5.91 Å². The molecule has 0 aliphatic rings. The maximum atomic E-state index is 11.9. The second-order valence-electron chi connectivity index (χ2n) is 4.23. The molecule has 0 aliphatic heterocycles. The highest BCUT2D eigenvalue weighted by atomic mass is 16.1. The number of hydrogen-bond acceptors (Lipinski definition) is 3. The predicted octanol–water partition coefficient (Wildman–Crippen LogP) is 0.666. The molecule has 0 saturated carbocycles. The van der Waals surface area contributed by atoms with Crippen molar-refractivity contribution in [1.82, 2.24) is 19.9 Å². The summed E-state index contributed by atoms with van der Waals surface area (Å²) in [7, 11) is 0. The molecule has 6 heteroatoms. The summed E-state index contributed by atoms with van der Waals surface area (Å²) in [6, 6.07) is 1.81. The highest BCUT2D eigenvalue weighted by Gasteiger charge is 2.11. The smallest absolute Gasteiger partial charge is 0.256 e. The molecule has 0 radical (unpaired) electrons. The van der Waals surface area contributed by atoms with Crippen molar-refractivity contribution in [3.05, 3.63) is 33.4 Å². The molecule has 0 atom stereocenters. The van der Waals surface area contributed by atoms with Gasteiger partial charge in [-0.15, -0.1) is 0 Å². The average Bonchev–Trinajstić information content (AvgIpc) is 2.69. The van der Waals surface area contributed by atoms with E-state index >= 15 is 0 Å². The van der Waals surface area contributed by atoms with Crippen LogP contribution in [0, 0.1) is 13.8 Å². The average molecular weight is 248 g/mol. The molecule has 2 N–H and O–H groups in total. The molecule has 1 amide bonds. The maximum absolute atomic E-state index is 11.9. The molecule has 0 saturated heterocycles. The number of nitrogens with one attached hydrogen (secondary N) is 2. The van der Waals surface area contributed by atoms with Crippen molar-refractivity contribution in [3.8, 4) is 0 Å². The first-order valence-electron chi connectivity index (χ1n) is 5.87. The van der Waals surface area contributed by atoms with Crippen molar-refractivity contribution < 1.29 is 4.79 Å². The van der Waals surface area contributed by atoms with Crippen molar-refractivity contribution in [1.29, 1.82) is 0 Å². The molecule has 0 fully saturated rings. The Bertz CT molecular complexity index is 654. The minimum absolute atomic E-state index is 0.0782. The van der Waals surface area contributed by atoms with Crippen LogP contribution in [0.4, 0.5) is 0 Å². The Morgan fingerprint density at radius 1 is 1.50 bits per heavy atom. The number of fused-ring (bicyclic) bond motifs is 1. The summed E-state index contributed by atoms with van der Waals surface area (Å²) in [4.78, 5) is 25.9. The molecule has 2 aromatic rings. The number of aromatic nitrogens is 3. The summed E-state index contributed by atoms with van der Waals surface area (Å²) in [6.45, 7) is 5.68. The van der Waals surface area contributed by atoms with E-state index in [-0.39, 0.29) is 18.0 Å². The van der Waals surface area contributed by atoms with Gasteiger partial charge in [-0.25, -0.2) is 4.52 Å². The lowest BCUT2D eigenvalue weighted by Gasteiger charge is -2.07. The zero-order chi connectivity index (χ0) is 13.3. The highest BCUT2D eigenvalue weighted by Crippen LogP contribution is 2.07. The topological polar surface area (TPSA) is 79.3 Å². The van der Waals surface area contributed by atoms with Crippen LogP contribution in [0.25, 0.3) is 5.65 Å². The quantitative estimate of drug-likeness (QED) is 0.837. The monoisotopic (exact) mass is 248 g/mol. The molecular formula is C12H16N4O2. The summed E-state index contributed by atoms with van der Waals surface area (Å²) < 4.78 is 1.68. The van der Waals surface area contributed by atoms with Gasteiger partial charge in [-0.1, -0.05) is 6.92 Å². The fraction of sp³-hybridized carbons (Fsp3) is 0.417. The number of aryl methyl sites for hydroxylation is 2. The number of carbonyl (C=O) groups excluding carboxylic acids is 1. The van der Waals surface area contributed by atoms with E-state index < -0.39 is 0 Å². The van der Waals surface area contributed by atoms with Gasteiger partial charge in [0.05, 0.1) is 23.5 Å². The summed E-state index contributed by atoms with van der Waals surface area (Å²) in [5.41, 5.74) is 2.60. The molecule has 6 nitrogen and oxygen atoms in total. The van der Waals surface area contributed by atoms with Crippen LogP contribution in [0.3, 0.4) is 0 Å². The Balaban J connectivity index is 2.44.